The number of carboxylic acids is 1. The van der Waals surface area contributed by atoms with Crippen LogP contribution < -0.4 is 10.7 Å². The Morgan fingerprint density at radius 1 is 0.897 bits per heavy atom. The summed E-state index contributed by atoms with van der Waals surface area (Å²) in [6, 6.07) is 13.7. The third-order valence-corrected chi connectivity index (χ3v) is 5.23. The molecule has 29 heavy (non-hydrogen) atoms. The highest BCUT2D eigenvalue weighted by atomic mass is 16.4. The molecule has 0 aliphatic heterocycles. The summed E-state index contributed by atoms with van der Waals surface area (Å²) >= 11 is 0. The van der Waals surface area contributed by atoms with Crippen molar-refractivity contribution in [1.82, 2.24) is 9.97 Å². The predicted molar refractivity (Wildman–Crippen MR) is 116 cm³/mol. The molecule has 0 unspecified atom stereocenters. The molecule has 1 aliphatic rings. The largest absolute Gasteiger partial charge is 0.478 e. The standard InChI is InChI=1S/C25H24N2O2/c1-25(2,3)20-10-8-16(9-11-20)17-12-18(14-19(13-17)24(28)29)23-15-26-21-6-4-5-7-22(21)27-23/h6-15H,4-5H2,1-3H3,(H,28,29). The van der Waals surface area contributed by atoms with E-state index in [2.05, 4.69) is 50.0 Å². The van der Waals surface area contributed by atoms with Crippen LogP contribution in [0.15, 0.2) is 48.7 Å². The van der Waals surface area contributed by atoms with Gasteiger partial charge in [-0.2, -0.15) is 0 Å². The van der Waals surface area contributed by atoms with Crippen molar-refractivity contribution in [1.29, 1.82) is 0 Å². The van der Waals surface area contributed by atoms with Gasteiger partial charge in [-0.25, -0.2) is 9.78 Å². The van der Waals surface area contributed by atoms with Gasteiger partial charge in [0, 0.05) is 5.56 Å². The second kappa shape index (κ2) is 7.28. The van der Waals surface area contributed by atoms with Gasteiger partial charge in [0.15, 0.2) is 0 Å². The molecule has 0 atom stereocenters. The summed E-state index contributed by atoms with van der Waals surface area (Å²) < 4.78 is 0. The Morgan fingerprint density at radius 2 is 1.55 bits per heavy atom. The Balaban J connectivity index is 1.83. The number of aromatic carboxylic acids is 1. The van der Waals surface area contributed by atoms with Gasteiger partial charge in [-0.1, -0.05) is 57.2 Å². The van der Waals surface area contributed by atoms with Crippen molar-refractivity contribution in [3.63, 3.8) is 0 Å². The van der Waals surface area contributed by atoms with Gasteiger partial charge in [0.2, 0.25) is 0 Å². The average Bonchev–Trinajstić information content (AvgIpc) is 2.72. The van der Waals surface area contributed by atoms with Crippen LogP contribution in [0.1, 0.15) is 49.5 Å². The molecule has 0 radical (unpaired) electrons. The number of rotatable bonds is 3. The Bertz CT molecular complexity index is 1200. The molecular weight excluding hydrogens is 360 g/mol. The first-order valence-corrected chi connectivity index (χ1v) is 9.84. The minimum atomic E-state index is -0.953. The van der Waals surface area contributed by atoms with Crippen LogP contribution in [0.2, 0.25) is 0 Å². The number of carbonyl (C=O) groups is 1. The SMILES string of the molecule is CC(C)(C)c1ccc(-c2cc(C(=O)O)cc(-c3cnc4c(n3)=CCCC=4)c2)cc1. The summed E-state index contributed by atoms with van der Waals surface area (Å²) in [4.78, 5) is 21.0. The summed E-state index contributed by atoms with van der Waals surface area (Å²) in [6.45, 7) is 6.52. The van der Waals surface area contributed by atoms with E-state index in [4.69, 9.17) is 4.98 Å². The molecular formula is C25H24N2O2. The van der Waals surface area contributed by atoms with Crippen molar-refractivity contribution in [3.8, 4) is 22.4 Å². The Kier molecular flexibility index (Phi) is 4.79. The van der Waals surface area contributed by atoms with Crippen molar-refractivity contribution >= 4 is 18.1 Å². The predicted octanol–water partition coefficient (Wildman–Crippen LogP) is 4.16. The first kappa shape index (κ1) is 19.1. The van der Waals surface area contributed by atoms with Crippen LogP contribution >= 0.6 is 0 Å². The fourth-order valence-corrected chi connectivity index (χ4v) is 3.53. The number of aromatic nitrogens is 2. The summed E-state index contributed by atoms with van der Waals surface area (Å²) in [5, 5.41) is 11.4. The third kappa shape index (κ3) is 3.97. The second-order valence-corrected chi connectivity index (χ2v) is 8.44. The van der Waals surface area contributed by atoms with Crippen molar-refractivity contribution in [2.45, 2.75) is 39.0 Å². The normalized spacial score (nSPS) is 13.2. The van der Waals surface area contributed by atoms with Gasteiger partial charge in [0.25, 0.3) is 0 Å². The summed E-state index contributed by atoms with van der Waals surface area (Å²) in [7, 11) is 0. The molecule has 0 saturated heterocycles. The number of hydrogen-bond donors (Lipinski definition) is 1. The highest BCUT2D eigenvalue weighted by Crippen LogP contribution is 2.29. The molecule has 146 valence electrons. The molecule has 0 spiro atoms. The van der Waals surface area contributed by atoms with Crippen molar-refractivity contribution < 1.29 is 9.90 Å². The van der Waals surface area contributed by atoms with Gasteiger partial charge in [-0.3, -0.25) is 4.98 Å². The van der Waals surface area contributed by atoms with E-state index in [0.717, 1.165) is 40.2 Å². The van der Waals surface area contributed by atoms with Gasteiger partial charge in [-0.15, -0.1) is 0 Å². The molecule has 4 heteroatoms. The zero-order valence-corrected chi connectivity index (χ0v) is 16.9. The summed E-state index contributed by atoms with van der Waals surface area (Å²) in [6.07, 6.45) is 7.82. The minimum Gasteiger partial charge on any atom is -0.478 e. The Morgan fingerprint density at radius 3 is 2.21 bits per heavy atom. The van der Waals surface area contributed by atoms with Crippen LogP contribution in [0.5, 0.6) is 0 Å². The smallest absolute Gasteiger partial charge is 0.335 e. The quantitative estimate of drug-likeness (QED) is 0.736. The lowest BCUT2D eigenvalue weighted by Crippen LogP contribution is -2.33. The maximum Gasteiger partial charge on any atom is 0.335 e. The molecule has 0 amide bonds. The zero-order valence-electron chi connectivity index (χ0n) is 16.9. The van der Waals surface area contributed by atoms with Crippen LogP contribution in [-0.4, -0.2) is 21.0 Å². The summed E-state index contributed by atoms with van der Waals surface area (Å²) in [5.74, 6) is -0.953. The van der Waals surface area contributed by atoms with Crippen molar-refractivity contribution in [2.24, 2.45) is 0 Å². The van der Waals surface area contributed by atoms with Crippen molar-refractivity contribution in [2.75, 3.05) is 0 Å². The maximum absolute atomic E-state index is 11.7. The van der Waals surface area contributed by atoms with Crippen LogP contribution in [0.4, 0.5) is 0 Å². The molecule has 1 aromatic heterocycles. The molecule has 4 rings (SSSR count). The van der Waals surface area contributed by atoms with E-state index in [1.807, 2.05) is 18.2 Å². The van der Waals surface area contributed by atoms with Crippen LogP contribution in [-0.2, 0) is 5.41 Å². The Labute approximate surface area is 170 Å². The first-order chi connectivity index (χ1) is 13.8. The van der Waals surface area contributed by atoms with E-state index < -0.39 is 5.97 Å². The van der Waals surface area contributed by atoms with E-state index in [-0.39, 0.29) is 11.0 Å². The summed E-state index contributed by atoms with van der Waals surface area (Å²) in [5.41, 5.74) is 4.83. The highest BCUT2D eigenvalue weighted by Gasteiger charge is 2.15. The number of hydrogen-bond acceptors (Lipinski definition) is 3. The topological polar surface area (TPSA) is 63.1 Å². The number of fused-ring (bicyclic) bond motifs is 1. The molecule has 2 aromatic carbocycles. The van der Waals surface area contributed by atoms with E-state index >= 15 is 0 Å². The lowest BCUT2D eigenvalue weighted by Gasteiger charge is -2.19. The van der Waals surface area contributed by atoms with E-state index in [1.54, 1.807) is 18.3 Å². The molecule has 1 heterocycles. The molecule has 4 nitrogen and oxygen atoms in total. The lowest BCUT2D eigenvalue weighted by molar-refractivity contribution is 0.0697. The number of nitrogens with zero attached hydrogens (tertiary/aromatic N) is 2. The monoisotopic (exact) mass is 384 g/mol. The molecule has 1 N–H and O–H groups in total. The van der Waals surface area contributed by atoms with E-state index in [0.29, 0.717) is 5.69 Å². The zero-order chi connectivity index (χ0) is 20.6. The number of benzene rings is 2. The molecule has 0 fully saturated rings. The molecule has 3 aromatic rings. The highest BCUT2D eigenvalue weighted by molar-refractivity contribution is 5.91. The average molecular weight is 384 g/mol. The Hall–Kier alpha value is -3.27. The molecule has 0 bridgehead atoms. The van der Waals surface area contributed by atoms with Gasteiger partial charge >= 0.3 is 5.97 Å². The van der Waals surface area contributed by atoms with Gasteiger partial charge < -0.3 is 5.11 Å². The minimum absolute atomic E-state index is 0.0683. The van der Waals surface area contributed by atoms with E-state index in [1.165, 1.54) is 5.56 Å². The lowest BCUT2D eigenvalue weighted by atomic mass is 9.86. The van der Waals surface area contributed by atoms with Crippen LogP contribution in [0.3, 0.4) is 0 Å². The second-order valence-electron chi connectivity index (χ2n) is 8.44. The first-order valence-electron chi connectivity index (χ1n) is 9.84. The van der Waals surface area contributed by atoms with Crippen molar-refractivity contribution in [3.05, 3.63) is 70.5 Å². The third-order valence-electron chi connectivity index (χ3n) is 5.23. The van der Waals surface area contributed by atoms with Gasteiger partial charge in [0.1, 0.15) is 0 Å². The fraction of sp³-hybridized carbons (Fsp3) is 0.240. The van der Waals surface area contributed by atoms with E-state index in [9.17, 15) is 9.90 Å². The van der Waals surface area contributed by atoms with Crippen LogP contribution in [0.25, 0.3) is 34.5 Å². The molecule has 1 aliphatic carbocycles. The maximum atomic E-state index is 11.7. The van der Waals surface area contributed by atoms with Gasteiger partial charge in [-0.05, 0) is 53.1 Å². The van der Waals surface area contributed by atoms with Gasteiger partial charge in [0.05, 0.1) is 28.2 Å². The molecule has 0 saturated carbocycles. The fourth-order valence-electron chi connectivity index (χ4n) is 3.53. The van der Waals surface area contributed by atoms with Crippen LogP contribution in [0, 0.1) is 0 Å². The number of carboxylic acid groups (broad SMARTS) is 1.